The lowest BCUT2D eigenvalue weighted by Gasteiger charge is -2.06. The Hall–Kier alpha value is -3.10. The van der Waals surface area contributed by atoms with Gasteiger partial charge in [-0.2, -0.15) is 4.98 Å². The van der Waals surface area contributed by atoms with E-state index in [0.29, 0.717) is 6.07 Å². The number of carboxylic acids is 1. The number of nitro groups is 1. The Balaban J connectivity index is 2.47. The average Bonchev–Trinajstić information content (AvgIpc) is 2.36. The van der Waals surface area contributed by atoms with Gasteiger partial charge >= 0.3 is 11.7 Å². The van der Waals surface area contributed by atoms with Crippen LogP contribution in [0.25, 0.3) is 0 Å². The lowest BCUT2D eigenvalue weighted by molar-refractivity contribution is -0.386. The van der Waals surface area contributed by atoms with Gasteiger partial charge < -0.3 is 9.84 Å². The van der Waals surface area contributed by atoms with E-state index < -0.39 is 39.8 Å². The van der Waals surface area contributed by atoms with Crippen molar-refractivity contribution in [3.8, 4) is 11.6 Å². The third-order valence-corrected chi connectivity index (χ3v) is 2.31. The molecule has 108 valence electrons. The molecule has 2 aromatic rings. The van der Waals surface area contributed by atoms with Crippen LogP contribution in [-0.2, 0) is 0 Å². The first kappa shape index (κ1) is 14.3. The molecule has 9 heteroatoms. The molecule has 1 N–H and O–H groups in total. The number of nitrogens with zero attached hydrogens (tertiary/aromatic N) is 2. The fraction of sp³-hybridized carbons (Fsp3) is 0. The number of aromatic carboxylic acids is 1. The molecular formula is C12H6F2N2O5. The first-order chi connectivity index (χ1) is 9.86. The number of pyridine rings is 1. The van der Waals surface area contributed by atoms with Gasteiger partial charge in [0.15, 0.2) is 5.69 Å². The van der Waals surface area contributed by atoms with Crippen molar-refractivity contribution in [2.45, 2.75) is 0 Å². The molecule has 0 aliphatic rings. The zero-order valence-electron chi connectivity index (χ0n) is 10.1. The van der Waals surface area contributed by atoms with Crippen LogP contribution in [0.3, 0.4) is 0 Å². The van der Waals surface area contributed by atoms with Crippen LogP contribution in [0, 0.1) is 21.7 Å². The van der Waals surface area contributed by atoms with Gasteiger partial charge in [-0.3, -0.25) is 10.1 Å². The summed E-state index contributed by atoms with van der Waals surface area (Å²) in [5.74, 6) is -4.40. The summed E-state index contributed by atoms with van der Waals surface area (Å²) >= 11 is 0. The van der Waals surface area contributed by atoms with Crippen molar-refractivity contribution >= 4 is 11.7 Å². The van der Waals surface area contributed by atoms with Crippen molar-refractivity contribution in [2.75, 3.05) is 0 Å². The molecule has 0 fully saturated rings. The van der Waals surface area contributed by atoms with E-state index in [0.717, 1.165) is 24.3 Å². The summed E-state index contributed by atoms with van der Waals surface area (Å²) in [6, 6.07) is 3.94. The zero-order chi connectivity index (χ0) is 15.6. The summed E-state index contributed by atoms with van der Waals surface area (Å²) in [4.78, 5) is 24.2. The highest BCUT2D eigenvalue weighted by molar-refractivity contribution is 5.85. The Morgan fingerprint density at radius 1 is 1.24 bits per heavy atom. The van der Waals surface area contributed by atoms with E-state index in [1.807, 2.05) is 0 Å². The molecule has 0 aliphatic carbocycles. The largest absolute Gasteiger partial charge is 0.477 e. The molecular weight excluding hydrogens is 290 g/mol. The Morgan fingerprint density at radius 2 is 1.86 bits per heavy atom. The van der Waals surface area contributed by atoms with Crippen LogP contribution < -0.4 is 4.74 Å². The van der Waals surface area contributed by atoms with E-state index in [1.54, 1.807) is 0 Å². The molecule has 7 nitrogen and oxygen atoms in total. The molecule has 1 aromatic carbocycles. The molecule has 0 spiro atoms. The zero-order valence-corrected chi connectivity index (χ0v) is 10.1. The monoisotopic (exact) mass is 296 g/mol. The van der Waals surface area contributed by atoms with Crippen molar-refractivity contribution in [3.05, 3.63) is 57.8 Å². The standard InChI is InChI=1S/C12H6F2N2O5/c13-6-3-7(14)5-8(4-6)21-11-10(16(19)20)2-1-9(15-11)12(17)18/h1-5H,(H,17,18). The first-order valence-corrected chi connectivity index (χ1v) is 5.39. The van der Waals surface area contributed by atoms with E-state index in [2.05, 4.69) is 4.98 Å². The van der Waals surface area contributed by atoms with Crippen LogP contribution in [0.4, 0.5) is 14.5 Å². The Kier molecular flexibility index (Phi) is 3.74. The van der Waals surface area contributed by atoms with Gasteiger partial charge in [-0.1, -0.05) is 0 Å². The predicted molar refractivity (Wildman–Crippen MR) is 64.3 cm³/mol. The number of rotatable bonds is 4. The van der Waals surface area contributed by atoms with Gasteiger partial charge in [-0.25, -0.2) is 13.6 Å². The lowest BCUT2D eigenvalue weighted by atomic mass is 10.3. The fourth-order valence-corrected chi connectivity index (χ4v) is 1.47. The Labute approximate surface area is 115 Å². The van der Waals surface area contributed by atoms with Gasteiger partial charge in [0, 0.05) is 24.3 Å². The minimum Gasteiger partial charge on any atom is -0.477 e. The summed E-state index contributed by atoms with van der Waals surface area (Å²) < 4.78 is 31.0. The third-order valence-electron chi connectivity index (χ3n) is 2.31. The first-order valence-electron chi connectivity index (χ1n) is 5.39. The number of benzene rings is 1. The van der Waals surface area contributed by atoms with Gasteiger partial charge in [0.25, 0.3) is 5.88 Å². The maximum absolute atomic E-state index is 13.0. The smallest absolute Gasteiger partial charge is 0.354 e. The molecule has 0 radical (unpaired) electrons. The lowest BCUT2D eigenvalue weighted by Crippen LogP contribution is -2.04. The SMILES string of the molecule is O=C(O)c1ccc([N+](=O)[O-])c(Oc2cc(F)cc(F)c2)n1. The van der Waals surface area contributed by atoms with Crippen LogP contribution >= 0.6 is 0 Å². The number of carbonyl (C=O) groups is 1. The second-order valence-electron chi connectivity index (χ2n) is 3.79. The van der Waals surface area contributed by atoms with Gasteiger partial charge in [0.05, 0.1) is 4.92 Å². The fourth-order valence-electron chi connectivity index (χ4n) is 1.47. The molecule has 0 unspecified atom stereocenters. The number of hydrogen-bond acceptors (Lipinski definition) is 5. The summed E-state index contributed by atoms with van der Waals surface area (Å²) in [7, 11) is 0. The molecule has 0 saturated carbocycles. The van der Waals surface area contributed by atoms with E-state index in [9.17, 15) is 23.7 Å². The highest BCUT2D eigenvalue weighted by Gasteiger charge is 2.21. The van der Waals surface area contributed by atoms with Gasteiger partial charge in [0.1, 0.15) is 17.4 Å². The van der Waals surface area contributed by atoms with Crippen molar-refractivity contribution in [3.63, 3.8) is 0 Å². The number of halogens is 2. The van der Waals surface area contributed by atoms with Gasteiger partial charge in [-0.05, 0) is 6.07 Å². The highest BCUT2D eigenvalue weighted by atomic mass is 19.1. The highest BCUT2D eigenvalue weighted by Crippen LogP contribution is 2.30. The molecule has 1 aromatic heterocycles. The van der Waals surface area contributed by atoms with E-state index in [4.69, 9.17) is 9.84 Å². The predicted octanol–water partition coefficient (Wildman–Crippen LogP) is 2.76. The summed E-state index contributed by atoms with van der Waals surface area (Å²) in [6.45, 7) is 0. The minimum atomic E-state index is -1.43. The van der Waals surface area contributed by atoms with Crippen molar-refractivity contribution in [1.82, 2.24) is 4.98 Å². The summed E-state index contributed by atoms with van der Waals surface area (Å²) in [5, 5.41) is 19.6. The molecule has 0 bridgehead atoms. The second kappa shape index (κ2) is 5.49. The van der Waals surface area contributed by atoms with Crippen molar-refractivity contribution < 1.29 is 28.3 Å². The third kappa shape index (κ3) is 3.26. The van der Waals surface area contributed by atoms with Crippen molar-refractivity contribution in [2.24, 2.45) is 0 Å². The number of aromatic nitrogens is 1. The topological polar surface area (TPSA) is 103 Å². The Bertz CT molecular complexity index is 715. The van der Waals surface area contributed by atoms with Gasteiger partial charge in [0.2, 0.25) is 0 Å². The minimum absolute atomic E-state index is 0.384. The molecule has 2 rings (SSSR count). The molecule has 1 heterocycles. The molecule has 21 heavy (non-hydrogen) atoms. The second-order valence-corrected chi connectivity index (χ2v) is 3.79. The molecule has 0 amide bonds. The Morgan fingerprint density at radius 3 is 2.38 bits per heavy atom. The molecule has 0 atom stereocenters. The van der Waals surface area contributed by atoms with Gasteiger partial charge in [-0.15, -0.1) is 0 Å². The van der Waals surface area contributed by atoms with E-state index in [1.165, 1.54) is 0 Å². The number of hydrogen-bond donors (Lipinski definition) is 1. The van der Waals surface area contributed by atoms with Crippen LogP contribution in [0.5, 0.6) is 11.6 Å². The summed E-state index contributed by atoms with van der Waals surface area (Å²) in [5.41, 5.74) is -1.14. The maximum Gasteiger partial charge on any atom is 0.354 e. The van der Waals surface area contributed by atoms with Crippen LogP contribution in [-0.4, -0.2) is 21.0 Å². The van der Waals surface area contributed by atoms with Crippen molar-refractivity contribution in [1.29, 1.82) is 0 Å². The number of carboxylic acid groups (broad SMARTS) is 1. The van der Waals surface area contributed by atoms with E-state index in [-0.39, 0.29) is 5.75 Å². The van der Waals surface area contributed by atoms with Crippen LogP contribution in [0.1, 0.15) is 10.5 Å². The normalized spacial score (nSPS) is 10.2. The van der Waals surface area contributed by atoms with E-state index >= 15 is 0 Å². The average molecular weight is 296 g/mol. The molecule has 0 aliphatic heterocycles. The maximum atomic E-state index is 13.0. The summed E-state index contributed by atoms with van der Waals surface area (Å²) in [6.07, 6.45) is 0. The van der Waals surface area contributed by atoms with Crippen LogP contribution in [0.15, 0.2) is 30.3 Å². The quantitative estimate of drug-likeness (QED) is 0.687. The number of ether oxygens (including phenoxy) is 1. The van der Waals surface area contributed by atoms with Crippen LogP contribution in [0.2, 0.25) is 0 Å². The molecule has 0 saturated heterocycles.